The summed E-state index contributed by atoms with van der Waals surface area (Å²) in [5.74, 6) is 1.56. The van der Waals surface area contributed by atoms with Crippen molar-refractivity contribution in [1.29, 1.82) is 0 Å². The highest BCUT2D eigenvalue weighted by atomic mass is 35.5. The highest BCUT2D eigenvalue weighted by Crippen LogP contribution is 2.13. The molecule has 0 atom stereocenters. The van der Waals surface area contributed by atoms with Crippen LogP contribution >= 0.6 is 11.6 Å². The molecular formula is C14H16ClN3O. The molecular weight excluding hydrogens is 262 g/mol. The monoisotopic (exact) mass is 277 g/mol. The van der Waals surface area contributed by atoms with Crippen molar-refractivity contribution in [3.05, 3.63) is 51.3 Å². The van der Waals surface area contributed by atoms with Crippen LogP contribution in [0.25, 0.3) is 5.82 Å². The summed E-state index contributed by atoms with van der Waals surface area (Å²) in [7, 11) is 0. The molecule has 0 bridgehead atoms. The van der Waals surface area contributed by atoms with Crippen molar-refractivity contribution in [2.75, 3.05) is 0 Å². The summed E-state index contributed by atoms with van der Waals surface area (Å²) < 4.78 is 1.48. The fraction of sp³-hybridized carbons (Fsp3) is 0.357. The molecule has 2 heterocycles. The molecule has 2 aromatic heterocycles. The molecule has 19 heavy (non-hydrogen) atoms. The minimum absolute atomic E-state index is 0.0730. The largest absolute Gasteiger partial charge is 0.269 e. The summed E-state index contributed by atoms with van der Waals surface area (Å²) in [6.07, 6.45) is 3.92. The lowest BCUT2D eigenvalue weighted by Crippen LogP contribution is -2.23. The van der Waals surface area contributed by atoms with Gasteiger partial charge >= 0.3 is 0 Å². The van der Waals surface area contributed by atoms with E-state index in [-0.39, 0.29) is 5.56 Å². The molecule has 0 unspecified atom stereocenters. The van der Waals surface area contributed by atoms with E-state index in [4.69, 9.17) is 11.6 Å². The van der Waals surface area contributed by atoms with E-state index >= 15 is 0 Å². The molecule has 2 aromatic rings. The van der Waals surface area contributed by atoms with Crippen LogP contribution < -0.4 is 5.56 Å². The first-order valence-electron chi connectivity index (χ1n) is 6.18. The van der Waals surface area contributed by atoms with E-state index in [1.165, 1.54) is 4.57 Å². The number of aromatic nitrogens is 3. The van der Waals surface area contributed by atoms with E-state index in [2.05, 4.69) is 23.8 Å². The summed E-state index contributed by atoms with van der Waals surface area (Å²) in [4.78, 5) is 20.7. The van der Waals surface area contributed by atoms with E-state index in [1.54, 1.807) is 31.5 Å². The zero-order chi connectivity index (χ0) is 14.0. The van der Waals surface area contributed by atoms with Gasteiger partial charge in [0.25, 0.3) is 5.56 Å². The summed E-state index contributed by atoms with van der Waals surface area (Å²) in [6.45, 7) is 5.92. The zero-order valence-electron chi connectivity index (χ0n) is 11.2. The van der Waals surface area contributed by atoms with Crippen molar-refractivity contribution in [1.82, 2.24) is 14.5 Å². The molecule has 0 fully saturated rings. The van der Waals surface area contributed by atoms with Crippen molar-refractivity contribution in [2.24, 2.45) is 5.92 Å². The molecule has 0 aromatic carbocycles. The molecule has 0 aliphatic rings. The molecule has 0 aliphatic carbocycles. The molecule has 2 rings (SSSR count). The third kappa shape index (κ3) is 3.20. The normalized spacial score (nSPS) is 11.0. The van der Waals surface area contributed by atoms with Gasteiger partial charge in [-0.05, 0) is 31.4 Å². The number of aryl methyl sites for hydroxylation is 1. The number of nitrogens with zero attached hydrogens (tertiary/aromatic N) is 3. The first-order valence-corrected chi connectivity index (χ1v) is 6.56. The lowest BCUT2D eigenvalue weighted by molar-refractivity contribution is 0.639. The van der Waals surface area contributed by atoms with Crippen molar-refractivity contribution < 1.29 is 0 Å². The van der Waals surface area contributed by atoms with Crippen LogP contribution in [-0.2, 0) is 6.42 Å². The predicted octanol–water partition coefficient (Wildman–Crippen LogP) is 2.79. The molecule has 0 aliphatic heterocycles. The Labute approximate surface area is 117 Å². The minimum Gasteiger partial charge on any atom is -0.269 e. The van der Waals surface area contributed by atoms with Gasteiger partial charge in [0.1, 0.15) is 11.6 Å². The molecule has 0 saturated heterocycles. The zero-order valence-corrected chi connectivity index (χ0v) is 12.0. The standard InChI is InChI=1S/C14H16ClN3O/c1-9(2)6-11-7-12(15)8-18(14(11)19)13-4-5-16-10(3)17-13/h4-5,7-9H,6H2,1-3H3. The van der Waals surface area contributed by atoms with Gasteiger partial charge in [0.15, 0.2) is 0 Å². The van der Waals surface area contributed by atoms with Gasteiger partial charge in [-0.1, -0.05) is 25.4 Å². The average molecular weight is 278 g/mol. The van der Waals surface area contributed by atoms with Gasteiger partial charge in [0.2, 0.25) is 0 Å². The average Bonchev–Trinajstić information content (AvgIpc) is 2.32. The third-order valence-corrected chi connectivity index (χ3v) is 2.90. The van der Waals surface area contributed by atoms with E-state index in [9.17, 15) is 4.79 Å². The maximum atomic E-state index is 12.4. The van der Waals surface area contributed by atoms with Crippen molar-refractivity contribution in [3.63, 3.8) is 0 Å². The van der Waals surface area contributed by atoms with Gasteiger partial charge in [-0.25, -0.2) is 9.97 Å². The number of halogens is 1. The first-order chi connectivity index (χ1) is 8.97. The fourth-order valence-electron chi connectivity index (χ4n) is 1.94. The number of hydrogen-bond acceptors (Lipinski definition) is 3. The van der Waals surface area contributed by atoms with Crippen molar-refractivity contribution in [2.45, 2.75) is 27.2 Å². The summed E-state index contributed by atoms with van der Waals surface area (Å²) in [5.41, 5.74) is 0.634. The molecule has 5 heteroatoms. The predicted molar refractivity (Wildman–Crippen MR) is 75.9 cm³/mol. The topological polar surface area (TPSA) is 47.8 Å². The van der Waals surface area contributed by atoms with Gasteiger partial charge in [-0.2, -0.15) is 0 Å². The molecule has 0 amide bonds. The van der Waals surface area contributed by atoms with Crippen LogP contribution in [0, 0.1) is 12.8 Å². The lowest BCUT2D eigenvalue weighted by Gasteiger charge is -2.10. The maximum Gasteiger partial charge on any atom is 0.259 e. The van der Waals surface area contributed by atoms with Gasteiger partial charge in [-0.15, -0.1) is 0 Å². The van der Waals surface area contributed by atoms with Crippen molar-refractivity contribution in [3.8, 4) is 5.82 Å². The molecule has 0 saturated carbocycles. The summed E-state index contributed by atoms with van der Waals surface area (Å²) in [6, 6.07) is 3.43. The molecule has 100 valence electrons. The summed E-state index contributed by atoms with van der Waals surface area (Å²) in [5, 5.41) is 0.534. The first kappa shape index (κ1) is 13.7. The quantitative estimate of drug-likeness (QED) is 0.867. The Morgan fingerprint density at radius 1 is 1.42 bits per heavy atom. The number of rotatable bonds is 3. The maximum absolute atomic E-state index is 12.4. The van der Waals surface area contributed by atoms with E-state index in [1.807, 2.05) is 0 Å². The molecule has 0 N–H and O–H groups in total. The van der Waals surface area contributed by atoms with Crippen LogP contribution in [0.1, 0.15) is 25.2 Å². The van der Waals surface area contributed by atoms with Crippen LogP contribution in [0.4, 0.5) is 0 Å². The number of pyridine rings is 1. The smallest absolute Gasteiger partial charge is 0.259 e. The Kier molecular flexibility index (Phi) is 4.00. The second kappa shape index (κ2) is 5.53. The summed E-state index contributed by atoms with van der Waals surface area (Å²) >= 11 is 6.09. The number of hydrogen-bond donors (Lipinski definition) is 0. The van der Waals surface area contributed by atoms with Crippen LogP contribution in [-0.4, -0.2) is 14.5 Å². The van der Waals surface area contributed by atoms with E-state index in [0.29, 0.717) is 34.6 Å². The Bertz CT molecular complexity index is 649. The Morgan fingerprint density at radius 3 is 2.79 bits per heavy atom. The Balaban J connectivity index is 2.58. The second-order valence-corrected chi connectivity index (χ2v) is 5.36. The van der Waals surface area contributed by atoms with E-state index in [0.717, 1.165) is 0 Å². The molecule has 4 nitrogen and oxygen atoms in total. The van der Waals surface area contributed by atoms with Crippen LogP contribution in [0.15, 0.2) is 29.3 Å². The van der Waals surface area contributed by atoms with Gasteiger partial charge in [-0.3, -0.25) is 9.36 Å². The highest BCUT2D eigenvalue weighted by Gasteiger charge is 2.10. The SMILES string of the molecule is Cc1nccc(-n2cc(Cl)cc(CC(C)C)c2=O)n1. The van der Waals surface area contributed by atoms with Gasteiger partial charge < -0.3 is 0 Å². The third-order valence-electron chi connectivity index (χ3n) is 2.69. The van der Waals surface area contributed by atoms with E-state index < -0.39 is 0 Å². The van der Waals surface area contributed by atoms with Gasteiger partial charge in [0.05, 0.1) is 5.02 Å². The van der Waals surface area contributed by atoms with Crippen LogP contribution in [0.5, 0.6) is 0 Å². The Morgan fingerprint density at radius 2 is 2.16 bits per heavy atom. The highest BCUT2D eigenvalue weighted by molar-refractivity contribution is 6.30. The minimum atomic E-state index is -0.0730. The van der Waals surface area contributed by atoms with Crippen molar-refractivity contribution >= 4 is 11.6 Å². The second-order valence-electron chi connectivity index (χ2n) is 4.92. The molecule has 0 radical (unpaired) electrons. The lowest BCUT2D eigenvalue weighted by atomic mass is 10.0. The van der Waals surface area contributed by atoms with Gasteiger partial charge in [0, 0.05) is 18.0 Å². The molecule has 0 spiro atoms. The fourth-order valence-corrected chi connectivity index (χ4v) is 2.17. The Hall–Kier alpha value is -1.68. The van der Waals surface area contributed by atoms with Crippen LogP contribution in [0.2, 0.25) is 5.02 Å². The van der Waals surface area contributed by atoms with Crippen LogP contribution in [0.3, 0.4) is 0 Å².